The fourth-order valence-corrected chi connectivity index (χ4v) is 2.63. The van der Waals surface area contributed by atoms with Crippen LogP contribution in [0.4, 0.5) is 4.39 Å². The van der Waals surface area contributed by atoms with Crippen LogP contribution in [0.3, 0.4) is 0 Å². The molecule has 0 unspecified atom stereocenters. The van der Waals surface area contributed by atoms with Crippen molar-refractivity contribution in [2.75, 3.05) is 0 Å². The Kier molecular flexibility index (Phi) is 2.75. The van der Waals surface area contributed by atoms with E-state index in [0.29, 0.717) is 0 Å². The van der Waals surface area contributed by atoms with Crippen molar-refractivity contribution in [2.24, 2.45) is 0 Å². The van der Waals surface area contributed by atoms with Gasteiger partial charge in [0.25, 0.3) is 0 Å². The number of rotatable bonds is 2. The summed E-state index contributed by atoms with van der Waals surface area (Å²) in [6, 6.07) is 12.9. The largest absolute Gasteiger partial charge is 0.219 e. The molecule has 2 aromatic rings. The Balaban J connectivity index is 2.52. The van der Waals surface area contributed by atoms with Crippen LogP contribution in [0.5, 0.6) is 0 Å². The SMILES string of the molecule is O=S(=O)(c1ccccc1)c1ccc([18F])cc1. The maximum atomic E-state index is 12.7. The maximum Gasteiger partial charge on any atom is 0.206 e. The van der Waals surface area contributed by atoms with Crippen LogP contribution in [-0.2, 0) is 9.84 Å². The van der Waals surface area contributed by atoms with Crippen molar-refractivity contribution in [3.05, 3.63) is 60.4 Å². The van der Waals surface area contributed by atoms with E-state index in [0.717, 1.165) is 12.1 Å². The Morgan fingerprint density at radius 1 is 0.750 bits per heavy atom. The van der Waals surface area contributed by atoms with Gasteiger partial charge in [0.15, 0.2) is 0 Å². The first-order valence-electron chi connectivity index (χ1n) is 4.66. The number of sulfone groups is 1. The topological polar surface area (TPSA) is 34.1 Å². The first kappa shape index (κ1) is 10.8. The van der Waals surface area contributed by atoms with Crippen molar-refractivity contribution in [3.8, 4) is 0 Å². The fourth-order valence-electron chi connectivity index (χ4n) is 1.35. The average Bonchev–Trinajstić information content (AvgIpc) is 2.31. The maximum absolute atomic E-state index is 12.7. The van der Waals surface area contributed by atoms with Gasteiger partial charge in [-0.1, -0.05) is 18.2 Å². The van der Waals surface area contributed by atoms with Crippen LogP contribution in [-0.4, -0.2) is 8.42 Å². The molecule has 0 spiro atoms. The highest BCUT2D eigenvalue weighted by molar-refractivity contribution is 7.91. The first-order valence-corrected chi connectivity index (χ1v) is 6.15. The Morgan fingerprint density at radius 3 is 1.81 bits per heavy atom. The van der Waals surface area contributed by atoms with Crippen molar-refractivity contribution in [1.82, 2.24) is 0 Å². The smallest absolute Gasteiger partial charge is 0.206 e. The van der Waals surface area contributed by atoms with Gasteiger partial charge in [0.2, 0.25) is 9.84 Å². The zero-order chi connectivity index (χ0) is 11.6. The first-order chi connectivity index (χ1) is 7.60. The lowest BCUT2D eigenvalue weighted by atomic mass is 10.3. The molecule has 82 valence electrons. The molecule has 0 N–H and O–H groups in total. The lowest BCUT2D eigenvalue weighted by molar-refractivity contribution is 0.595. The Morgan fingerprint density at radius 2 is 1.25 bits per heavy atom. The molecular formula is C12H9FO2S. The van der Waals surface area contributed by atoms with Crippen LogP contribution < -0.4 is 0 Å². The van der Waals surface area contributed by atoms with Crippen LogP contribution in [0.25, 0.3) is 0 Å². The van der Waals surface area contributed by atoms with E-state index in [2.05, 4.69) is 0 Å². The third kappa shape index (κ3) is 1.97. The molecule has 0 atom stereocenters. The summed E-state index contributed by atoms with van der Waals surface area (Å²) in [5.74, 6) is -0.452. The number of benzene rings is 2. The quantitative estimate of drug-likeness (QED) is 0.750. The molecule has 0 radical (unpaired) electrons. The van der Waals surface area contributed by atoms with Crippen molar-refractivity contribution in [2.45, 2.75) is 9.79 Å². The van der Waals surface area contributed by atoms with Crippen LogP contribution in [0.1, 0.15) is 0 Å². The van der Waals surface area contributed by atoms with Crippen molar-refractivity contribution in [3.63, 3.8) is 0 Å². The zero-order valence-electron chi connectivity index (χ0n) is 8.30. The fraction of sp³-hybridized carbons (Fsp3) is 0. The van der Waals surface area contributed by atoms with Gasteiger partial charge in [-0.25, -0.2) is 12.8 Å². The molecule has 0 aromatic heterocycles. The second-order valence-electron chi connectivity index (χ2n) is 3.27. The normalized spacial score (nSPS) is 11.3. The minimum atomic E-state index is -3.52. The second-order valence-corrected chi connectivity index (χ2v) is 5.22. The third-order valence-corrected chi connectivity index (χ3v) is 3.96. The molecule has 0 aliphatic rings. The minimum Gasteiger partial charge on any atom is -0.219 e. The van der Waals surface area contributed by atoms with E-state index in [1.54, 1.807) is 18.2 Å². The highest BCUT2D eigenvalue weighted by Gasteiger charge is 2.16. The predicted molar refractivity (Wildman–Crippen MR) is 58.3 cm³/mol. The average molecular weight is 235 g/mol. The lowest BCUT2D eigenvalue weighted by Gasteiger charge is -2.03. The highest BCUT2D eigenvalue weighted by atomic mass is 32.2. The summed E-state index contributed by atoms with van der Waals surface area (Å²) in [6.07, 6.45) is 0. The summed E-state index contributed by atoms with van der Waals surface area (Å²) in [7, 11) is -3.52. The third-order valence-electron chi connectivity index (χ3n) is 2.18. The van der Waals surface area contributed by atoms with Gasteiger partial charge in [-0.05, 0) is 36.4 Å². The van der Waals surface area contributed by atoms with E-state index in [9.17, 15) is 12.8 Å². The molecule has 0 bridgehead atoms. The zero-order valence-corrected chi connectivity index (χ0v) is 9.12. The van der Waals surface area contributed by atoms with E-state index >= 15 is 0 Å². The summed E-state index contributed by atoms with van der Waals surface area (Å²) in [5.41, 5.74) is 0. The molecule has 4 heteroatoms. The van der Waals surface area contributed by atoms with Crippen LogP contribution >= 0.6 is 0 Å². The molecule has 0 amide bonds. The highest BCUT2D eigenvalue weighted by Crippen LogP contribution is 2.20. The van der Waals surface area contributed by atoms with Gasteiger partial charge in [-0.15, -0.1) is 0 Å². The Hall–Kier alpha value is -1.68. The molecule has 0 aliphatic heterocycles. The summed E-state index contributed by atoms with van der Waals surface area (Å²) in [6.45, 7) is 0. The molecule has 0 saturated heterocycles. The minimum absolute atomic E-state index is 0.0973. The summed E-state index contributed by atoms with van der Waals surface area (Å²) >= 11 is 0. The second kappa shape index (κ2) is 4.06. The standard InChI is InChI=1S/C12H9FO2S/c13-10-6-8-12(9-7-10)16(14,15)11-4-2-1-3-5-11/h1-9H/i13-1. The van der Waals surface area contributed by atoms with Gasteiger partial charge >= 0.3 is 0 Å². The molecular weight excluding hydrogens is 226 g/mol. The van der Waals surface area contributed by atoms with Gasteiger partial charge < -0.3 is 0 Å². The molecule has 2 nitrogen and oxygen atoms in total. The summed E-state index contributed by atoms with van der Waals surface area (Å²) in [5, 5.41) is 0. The van der Waals surface area contributed by atoms with E-state index in [1.807, 2.05) is 0 Å². The molecule has 0 saturated carbocycles. The van der Waals surface area contributed by atoms with Gasteiger partial charge in [-0.2, -0.15) is 0 Å². The number of hydrogen-bond donors (Lipinski definition) is 0. The predicted octanol–water partition coefficient (Wildman–Crippen LogP) is 2.66. The van der Waals surface area contributed by atoms with Crippen molar-refractivity contribution >= 4 is 9.84 Å². The molecule has 16 heavy (non-hydrogen) atoms. The van der Waals surface area contributed by atoms with Crippen LogP contribution in [0.2, 0.25) is 0 Å². The molecule has 0 fully saturated rings. The lowest BCUT2D eigenvalue weighted by Crippen LogP contribution is -2.01. The van der Waals surface area contributed by atoms with Crippen LogP contribution in [0, 0.1) is 5.82 Å². The molecule has 0 heterocycles. The van der Waals surface area contributed by atoms with Gasteiger partial charge in [0.1, 0.15) is 5.82 Å². The van der Waals surface area contributed by atoms with Crippen LogP contribution in [0.15, 0.2) is 64.4 Å². The Bertz CT molecular complexity index is 574. The van der Waals surface area contributed by atoms with Crippen molar-refractivity contribution < 1.29 is 12.8 Å². The monoisotopic (exact) mass is 235 g/mol. The molecule has 2 rings (SSSR count). The van der Waals surface area contributed by atoms with Gasteiger partial charge in [-0.3, -0.25) is 0 Å². The van der Waals surface area contributed by atoms with E-state index < -0.39 is 15.7 Å². The van der Waals surface area contributed by atoms with E-state index in [4.69, 9.17) is 0 Å². The van der Waals surface area contributed by atoms with Crippen molar-refractivity contribution in [1.29, 1.82) is 0 Å². The summed E-state index contributed by atoms with van der Waals surface area (Å²) in [4.78, 5) is 0.307. The molecule has 0 aliphatic carbocycles. The number of hydrogen-bond acceptors (Lipinski definition) is 2. The van der Waals surface area contributed by atoms with Gasteiger partial charge in [0, 0.05) is 0 Å². The molecule has 2 aromatic carbocycles. The van der Waals surface area contributed by atoms with E-state index in [-0.39, 0.29) is 9.79 Å². The Labute approximate surface area is 93.3 Å². The van der Waals surface area contributed by atoms with E-state index in [1.165, 1.54) is 24.3 Å². The number of halogens is 1. The summed E-state index contributed by atoms with van der Waals surface area (Å²) < 4.78 is 36.7. The van der Waals surface area contributed by atoms with Gasteiger partial charge in [0.05, 0.1) is 9.79 Å².